The number of rotatable bonds is 7. The Labute approximate surface area is 110 Å². The van der Waals surface area contributed by atoms with Crippen molar-refractivity contribution in [3.63, 3.8) is 0 Å². The van der Waals surface area contributed by atoms with Crippen LogP contribution in [0.3, 0.4) is 0 Å². The first-order valence-electron chi connectivity index (χ1n) is 5.78. The largest absolute Gasteiger partial charge is 0.362 e. The minimum atomic E-state index is -0.559. The predicted molar refractivity (Wildman–Crippen MR) is 70.0 cm³/mol. The van der Waals surface area contributed by atoms with Gasteiger partial charge >= 0.3 is 5.69 Å². The second-order valence-corrected chi connectivity index (χ2v) is 3.62. The van der Waals surface area contributed by atoms with Crippen LogP contribution in [-0.4, -0.2) is 40.4 Å². The van der Waals surface area contributed by atoms with E-state index in [0.717, 1.165) is 6.20 Å². The van der Waals surface area contributed by atoms with Crippen LogP contribution >= 0.6 is 0 Å². The molecule has 1 rings (SSSR count). The molecule has 9 nitrogen and oxygen atoms in total. The molecule has 0 unspecified atom stereocenters. The van der Waals surface area contributed by atoms with Gasteiger partial charge in [-0.2, -0.15) is 4.98 Å². The molecule has 0 aliphatic carbocycles. The molecule has 0 aromatic carbocycles. The van der Waals surface area contributed by atoms with E-state index in [4.69, 9.17) is 0 Å². The second kappa shape index (κ2) is 7.09. The first-order valence-corrected chi connectivity index (χ1v) is 5.78. The Balaban J connectivity index is 2.73. The third-order valence-electron chi connectivity index (χ3n) is 2.09. The number of amides is 1. The lowest BCUT2D eigenvalue weighted by Crippen LogP contribution is -2.26. The van der Waals surface area contributed by atoms with Crippen LogP contribution in [0.25, 0.3) is 0 Å². The summed E-state index contributed by atoms with van der Waals surface area (Å²) in [6.07, 6.45) is 1.14. The first kappa shape index (κ1) is 14.6. The Bertz CT molecular complexity index is 465. The first-order chi connectivity index (χ1) is 9.04. The highest BCUT2D eigenvalue weighted by Gasteiger charge is 2.16. The van der Waals surface area contributed by atoms with Gasteiger partial charge in [0.15, 0.2) is 0 Å². The number of hydrogen-bond donors (Lipinski definition) is 3. The minimum absolute atomic E-state index is 0.126. The van der Waals surface area contributed by atoms with Gasteiger partial charge in [0.05, 0.1) is 4.92 Å². The van der Waals surface area contributed by atoms with Gasteiger partial charge in [0, 0.05) is 26.6 Å². The van der Waals surface area contributed by atoms with Crippen LogP contribution in [0.4, 0.5) is 17.5 Å². The Morgan fingerprint density at radius 1 is 1.42 bits per heavy atom. The molecule has 19 heavy (non-hydrogen) atoms. The molecule has 0 aliphatic rings. The van der Waals surface area contributed by atoms with Crippen LogP contribution in [0.2, 0.25) is 0 Å². The smallest absolute Gasteiger partial charge is 0.329 e. The van der Waals surface area contributed by atoms with Crippen LogP contribution in [0.1, 0.15) is 13.8 Å². The molecule has 1 amide bonds. The summed E-state index contributed by atoms with van der Waals surface area (Å²) in [5.74, 6) is 0.281. The molecular weight excluding hydrogens is 252 g/mol. The average molecular weight is 268 g/mol. The molecule has 0 radical (unpaired) electrons. The normalized spacial score (nSPS) is 9.79. The van der Waals surface area contributed by atoms with E-state index in [1.54, 1.807) is 0 Å². The van der Waals surface area contributed by atoms with Crippen LogP contribution in [-0.2, 0) is 4.79 Å². The molecule has 1 aromatic heterocycles. The van der Waals surface area contributed by atoms with E-state index in [1.165, 1.54) is 6.92 Å². The third-order valence-corrected chi connectivity index (χ3v) is 2.09. The molecule has 0 spiro atoms. The maximum atomic E-state index is 10.8. The van der Waals surface area contributed by atoms with Gasteiger partial charge in [0.25, 0.3) is 0 Å². The number of nitrogens with one attached hydrogen (secondary N) is 3. The fourth-order valence-electron chi connectivity index (χ4n) is 1.30. The summed E-state index contributed by atoms with van der Waals surface area (Å²) in [7, 11) is 0. The number of carbonyl (C=O) groups excluding carboxylic acids is 1. The number of nitrogens with zero attached hydrogens (tertiary/aromatic N) is 3. The topological polar surface area (TPSA) is 122 Å². The lowest BCUT2D eigenvalue weighted by molar-refractivity contribution is -0.384. The second-order valence-electron chi connectivity index (χ2n) is 3.62. The van der Waals surface area contributed by atoms with Crippen molar-refractivity contribution >= 4 is 23.4 Å². The van der Waals surface area contributed by atoms with E-state index in [-0.39, 0.29) is 17.4 Å². The van der Waals surface area contributed by atoms with Gasteiger partial charge in [-0.15, -0.1) is 0 Å². The van der Waals surface area contributed by atoms with E-state index in [0.29, 0.717) is 25.6 Å². The van der Waals surface area contributed by atoms with Gasteiger partial charge in [-0.05, 0) is 6.92 Å². The van der Waals surface area contributed by atoms with Crippen molar-refractivity contribution in [3.05, 3.63) is 16.3 Å². The van der Waals surface area contributed by atoms with Crippen LogP contribution in [0.15, 0.2) is 6.20 Å². The van der Waals surface area contributed by atoms with Crippen molar-refractivity contribution in [2.45, 2.75) is 13.8 Å². The van der Waals surface area contributed by atoms with E-state index >= 15 is 0 Å². The lowest BCUT2D eigenvalue weighted by atomic mass is 10.4. The summed E-state index contributed by atoms with van der Waals surface area (Å²) in [6.45, 7) is 4.57. The molecule has 1 heterocycles. The van der Waals surface area contributed by atoms with Gasteiger partial charge in [-0.1, -0.05) is 0 Å². The Kier molecular flexibility index (Phi) is 5.45. The molecule has 0 bridgehead atoms. The van der Waals surface area contributed by atoms with Gasteiger partial charge in [-0.3, -0.25) is 14.9 Å². The summed E-state index contributed by atoms with van der Waals surface area (Å²) in [5, 5.41) is 19.1. The van der Waals surface area contributed by atoms with Crippen molar-refractivity contribution in [3.8, 4) is 0 Å². The fraction of sp³-hybridized carbons (Fsp3) is 0.500. The molecule has 0 aliphatic heterocycles. The summed E-state index contributed by atoms with van der Waals surface area (Å²) in [5.41, 5.74) is -0.204. The average Bonchev–Trinajstić information content (AvgIpc) is 2.34. The maximum absolute atomic E-state index is 10.8. The quantitative estimate of drug-likeness (QED) is 0.371. The summed E-state index contributed by atoms with van der Waals surface area (Å²) >= 11 is 0. The van der Waals surface area contributed by atoms with Crippen molar-refractivity contribution in [1.82, 2.24) is 15.3 Å². The monoisotopic (exact) mass is 268 g/mol. The van der Waals surface area contributed by atoms with E-state index in [9.17, 15) is 14.9 Å². The van der Waals surface area contributed by atoms with Crippen LogP contribution in [0, 0.1) is 10.1 Å². The highest BCUT2D eigenvalue weighted by molar-refractivity contribution is 5.72. The molecule has 1 aromatic rings. The maximum Gasteiger partial charge on any atom is 0.329 e. The summed E-state index contributed by atoms with van der Waals surface area (Å²) in [6, 6.07) is 0. The zero-order chi connectivity index (χ0) is 14.3. The molecular formula is C10H16N6O3. The van der Waals surface area contributed by atoms with E-state index in [1.807, 2.05) is 6.92 Å². The minimum Gasteiger partial charge on any atom is -0.362 e. The number of nitro groups is 1. The van der Waals surface area contributed by atoms with Crippen molar-refractivity contribution in [2.75, 3.05) is 30.3 Å². The molecule has 0 saturated carbocycles. The lowest BCUT2D eigenvalue weighted by Gasteiger charge is -2.08. The standard InChI is InChI=1S/C10H16N6O3/c1-3-11-10-14-6-8(16(18)19)9(15-10)13-5-4-12-7(2)17/h6H,3-5H2,1-2H3,(H,12,17)(H2,11,13,14,15). The van der Waals surface area contributed by atoms with Crippen LogP contribution < -0.4 is 16.0 Å². The number of aromatic nitrogens is 2. The Morgan fingerprint density at radius 2 is 2.16 bits per heavy atom. The molecule has 0 atom stereocenters. The Morgan fingerprint density at radius 3 is 2.74 bits per heavy atom. The molecule has 3 N–H and O–H groups in total. The van der Waals surface area contributed by atoms with Gasteiger partial charge in [0.2, 0.25) is 17.7 Å². The van der Waals surface area contributed by atoms with Gasteiger partial charge in [-0.25, -0.2) is 4.98 Å². The van der Waals surface area contributed by atoms with Gasteiger partial charge < -0.3 is 16.0 Å². The molecule has 104 valence electrons. The van der Waals surface area contributed by atoms with Crippen molar-refractivity contribution < 1.29 is 9.72 Å². The summed E-state index contributed by atoms with van der Waals surface area (Å²) < 4.78 is 0. The SMILES string of the molecule is CCNc1ncc([N+](=O)[O-])c(NCCNC(C)=O)n1. The number of anilines is 2. The highest BCUT2D eigenvalue weighted by Crippen LogP contribution is 2.21. The molecule has 0 saturated heterocycles. The Hall–Kier alpha value is -2.45. The highest BCUT2D eigenvalue weighted by atomic mass is 16.6. The van der Waals surface area contributed by atoms with Crippen LogP contribution in [0.5, 0.6) is 0 Å². The van der Waals surface area contributed by atoms with E-state index in [2.05, 4.69) is 25.9 Å². The number of carbonyl (C=O) groups is 1. The fourth-order valence-corrected chi connectivity index (χ4v) is 1.30. The van der Waals surface area contributed by atoms with E-state index < -0.39 is 4.92 Å². The zero-order valence-corrected chi connectivity index (χ0v) is 10.8. The van der Waals surface area contributed by atoms with Crippen molar-refractivity contribution in [2.24, 2.45) is 0 Å². The van der Waals surface area contributed by atoms with Crippen molar-refractivity contribution in [1.29, 1.82) is 0 Å². The van der Waals surface area contributed by atoms with Gasteiger partial charge in [0.1, 0.15) is 6.20 Å². The molecule has 0 fully saturated rings. The molecule has 9 heteroatoms. The zero-order valence-electron chi connectivity index (χ0n) is 10.8. The summed E-state index contributed by atoms with van der Waals surface area (Å²) in [4.78, 5) is 28.8. The third kappa shape index (κ3) is 4.74. The predicted octanol–water partition coefficient (Wildman–Crippen LogP) is 0.365. The number of hydrogen-bond acceptors (Lipinski definition) is 7.